The first kappa shape index (κ1) is 25.3. The van der Waals surface area contributed by atoms with E-state index in [1.54, 1.807) is 35.3 Å². The minimum Gasteiger partial charge on any atom is -0.351 e. The topological polar surface area (TPSA) is 113 Å². The normalized spacial score (nSPS) is 23.1. The molecule has 6 rings (SSSR count). The van der Waals surface area contributed by atoms with Crippen LogP contribution in [-0.2, 0) is 20.6 Å². The number of nitro benzene ring substituents is 1. The second kappa shape index (κ2) is 9.04. The van der Waals surface area contributed by atoms with Crippen LogP contribution in [0.4, 0.5) is 35.9 Å². The van der Waals surface area contributed by atoms with Crippen molar-refractivity contribution < 1.29 is 32.5 Å². The zero-order valence-corrected chi connectivity index (χ0v) is 20.4. The number of halogens is 3. The lowest BCUT2D eigenvalue weighted by atomic mass is 9.88. The Kier molecular flexibility index (Phi) is 5.71. The molecule has 4 atom stereocenters. The lowest BCUT2D eigenvalue weighted by Gasteiger charge is -2.36. The molecule has 0 aromatic heterocycles. The number of fused-ring (bicyclic) bond motifs is 5. The van der Waals surface area contributed by atoms with Crippen molar-refractivity contribution in [1.82, 2.24) is 0 Å². The monoisotopic (exact) mass is 548 g/mol. The lowest BCUT2D eigenvalue weighted by molar-refractivity contribution is -0.384. The first-order valence-electron chi connectivity index (χ1n) is 12.2. The van der Waals surface area contributed by atoms with Crippen LogP contribution in [0.25, 0.3) is 6.08 Å². The third-order valence-electron chi connectivity index (χ3n) is 7.46. The molecule has 3 heterocycles. The quantitative estimate of drug-likeness (QED) is 0.289. The van der Waals surface area contributed by atoms with E-state index in [1.807, 2.05) is 6.07 Å². The second-order valence-corrected chi connectivity index (χ2v) is 9.67. The molecule has 202 valence electrons. The van der Waals surface area contributed by atoms with Crippen LogP contribution in [0, 0.1) is 22.0 Å². The molecule has 40 heavy (non-hydrogen) atoms. The first-order valence-corrected chi connectivity index (χ1v) is 12.2. The predicted molar refractivity (Wildman–Crippen MR) is 138 cm³/mol. The Morgan fingerprint density at radius 1 is 0.925 bits per heavy atom. The number of benzene rings is 3. The molecule has 1 N–H and O–H groups in total. The van der Waals surface area contributed by atoms with Gasteiger partial charge in [-0.25, -0.2) is 4.90 Å². The van der Waals surface area contributed by atoms with Crippen LogP contribution in [0.5, 0.6) is 0 Å². The summed E-state index contributed by atoms with van der Waals surface area (Å²) in [7, 11) is 0. The Balaban J connectivity index is 1.41. The molecular formula is C28H19F3N4O5. The van der Waals surface area contributed by atoms with E-state index in [1.165, 1.54) is 30.3 Å². The summed E-state index contributed by atoms with van der Waals surface area (Å²) >= 11 is 0. The predicted octanol–water partition coefficient (Wildman–Crippen LogP) is 4.64. The first-order chi connectivity index (χ1) is 19.1. The molecule has 3 amide bonds. The molecule has 3 aliphatic rings. The number of non-ortho nitro benzene ring substituents is 1. The number of nitrogens with one attached hydrogen (secondary N) is 1. The third kappa shape index (κ3) is 3.91. The van der Waals surface area contributed by atoms with Crippen molar-refractivity contribution >= 4 is 46.5 Å². The number of carbonyl (C=O) groups is 3. The summed E-state index contributed by atoms with van der Waals surface area (Å²) in [5.74, 6) is -4.33. The fourth-order valence-electron chi connectivity index (χ4n) is 5.77. The average molecular weight is 548 g/mol. The highest BCUT2D eigenvalue weighted by atomic mass is 19.4. The number of rotatable bonds is 4. The Morgan fingerprint density at radius 3 is 2.33 bits per heavy atom. The van der Waals surface area contributed by atoms with Crippen molar-refractivity contribution in [3.8, 4) is 0 Å². The summed E-state index contributed by atoms with van der Waals surface area (Å²) < 4.78 is 40.2. The van der Waals surface area contributed by atoms with E-state index in [-0.39, 0.29) is 17.1 Å². The molecule has 2 saturated heterocycles. The number of para-hydroxylation sites is 1. The van der Waals surface area contributed by atoms with E-state index in [2.05, 4.69) is 5.32 Å². The summed E-state index contributed by atoms with van der Waals surface area (Å²) in [6.07, 6.45) is -1.17. The summed E-state index contributed by atoms with van der Waals surface area (Å²) in [5, 5.41) is 13.7. The Labute approximate surface area is 224 Å². The van der Waals surface area contributed by atoms with Crippen LogP contribution in [0.1, 0.15) is 11.1 Å². The number of imide groups is 1. The number of alkyl halides is 3. The fourth-order valence-corrected chi connectivity index (χ4v) is 5.77. The van der Waals surface area contributed by atoms with E-state index in [0.29, 0.717) is 5.69 Å². The van der Waals surface area contributed by atoms with Crippen molar-refractivity contribution in [2.45, 2.75) is 18.3 Å². The van der Waals surface area contributed by atoms with Gasteiger partial charge in [0.2, 0.25) is 17.7 Å². The van der Waals surface area contributed by atoms with Gasteiger partial charge in [0, 0.05) is 23.5 Å². The van der Waals surface area contributed by atoms with Crippen molar-refractivity contribution in [2.75, 3.05) is 15.1 Å². The van der Waals surface area contributed by atoms with Crippen LogP contribution in [0.3, 0.4) is 0 Å². The summed E-state index contributed by atoms with van der Waals surface area (Å²) in [4.78, 5) is 54.2. The standard InChI is InChI=1S/C28H19F3N4O5/c29-28(30,31)16-5-3-6-19(14-16)33-26(37)22-21-13-8-15-4-1-2-7-20(15)34(21)24(23(22)27(33)38)25(36)32-17-9-11-18(12-10-17)35(39)40/h1-14,21-24H,(H,32,36)/t21-,22-,23+,24+/m1/s1. The minimum atomic E-state index is -4.68. The van der Waals surface area contributed by atoms with Crippen molar-refractivity contribution in [2.24, 2.45) is 11.8 Å². The largest absolute Gasteiger partial charge is 0.416 e. The Morgan fingerprint density at radius 2 is 1.62 bits per heavy atom. The molecule has 0 bridgehead atoms. The van der Waals surface area contributed by atoms with E-state index in [9.17, 15) is 37.7 Å². The van der Waals surface area contributed by atoms with Gasteiger partial charge in [0.15, 0.2) is 0 Å². The molecule has 9 nitrogen and oxygen atoms in total. The molecule has 2 fully saturated rings. The van der Waals surface area contributed by atoms with Gasteiger partial charge in [0.05, 0.1) is 34.1 Å². The number of hydrogen-bond acceptors (Lipinski definition) is 6. The number of amides is 3. The van der Waals surface area contributed by atoms with Gasteiger partial charge in [-0.15, -0.1) is 0 Å². The lowest BCUT2D eigenvalue weighted by Crippen LogP contribution is -2.50. The van der Waals surface area contributed by atoms with Crippen LogP contribution in [0.15, 0.2) is 78.9 Å². The SMILES string of the molecule is O=C(Nc1ccc([N+](=O)[O-])cc1)[C@@H]1[C@H]2C(=O)N(c3cccc(C(F)(F)F)c3)C(=O)[C@@H]2[C@H]2C=Cc3ccccc3N21. The Bertz CT molecular complexity index is 1600. The highest BCUT2D eigenvalue weighted by Gasteiger charge is 2.64. The van der Waals surface area contributed by atoms with Gasteiger partial charge >= 0.3 is 6.18 Å². The number of anilines is 3. The number of hydrogen-bond donors (Lipinski definition) is 1. The molecule has 0 unspecified atom stereocenters. The maximum absolute atomic E-state index is 13.8. The van der Waals surface area contributed by atoms with E-state index < -0.39 is 58.3 Å². The molecule has 3 aromatic carbocycles. The zero-order chi connectivity index (χ0) is 28.3. The molecule has 0 spiro atoms. The Hall–Kier alpha value is -5.00. The van der Waals surface area contributed by atoms with Gasteiger partial charge in [-0.05, 0) is 42.0 Å². The minimum absolute atomic E-state index is 0.178. The zero-order valence-electron chi connectivity index (χ0n) is 20.4. The second-order valence-electron chi connectivity index (χ2n) is 9.67. The number of carbonyl (C=O) groups excluding carboxylic acids is 3. The molecular weight excluding hydrogens is 529 g/mol. The molecule has 12 heteroatoms. The summed E-state index contributed by atoms with van der Waals surface area (Å²) in [6, 6.07) is 14.3. The van der Waals surface area contributed by atoms with Crippen molar-refractivity contribution in [3.63, 3.8) is 0 Å². The fraction of sp³-hybridized carbons (Fsp3) is 0.179. The molecule has 3 aromatic rings. The van der Waals surface area contributed by atoms with Gasteiger partial charge in [0.1, 0.15) is 6.04 Å². The maximum atomic E-state index is 13.8. The number of nitro groups is 1. The van der Waals surface area contributed by atoms with E-state index >= 15 is 0 Å². The van der Waals surface area contributed by atoms with Crippen molar-refractivity contribution in [3.05, 3.63) is 100 Å². The van der Waals surface area contributed by atoms with Crippen LogP contribution in [-0.4, -0.2) is 34.7 Å². The van der Waals surface area contributed by atoms with Crippen LogP contribution < -0.4 is 15.1 Å². The molecule has 0 saturated carbocycles. The highest BCUT2D eigenvalue weighted by Crippen LogP contribution is 2.49. The maximum Gasteiger partial charge on any atom is 0.416 e. The highest BCUT2D eigenvalue weighted by molar-refractivity contribution is 6.25. The van der Waals surface area contributed by atoms with Gasteiger partial charge in [-0.2, -0.15) is 13.2 Å². The van der Waals surface area contributed by atoms with Crippen LogP contribution >= 0.6 is 0 Å². The van der Waals surface area contributed by atoms with Crippen molar-refractivity contribution in [1.29, 1.82) is 0 Å². The molecule has 0 aliphatic carbocycles. The van der Waals surface area contributed by atoms with Gasteiger partial charge in [0.25, 0.3) is 5.69 Å². The van der Waals surface area contributed by atoms with Gasteiger partial charge in [-0.1, -0.05) is 36.4 Å². The van der Waals surface area contributed by atoms with E-state index in [0.717, 1.165) is 28.7 Å². The number of nitrogens with zero attached hydrogens (tertiary/aromatic N) is 3. The van der Waals surface area contributed by atoms with Gasteiger partial charge in [-0.3, -0.25) is 24.5 Å². The van der Waals surface area contributed by atoms with Gasteiger partial charge < -0.3 is 10.2 Å². The van der Waals surface area contributed by atoms with Crippen LogP contribution in [0.2, 0.25) is 0 Å². The molecule has 3 aliphatic heterocycles. The average Bonchev–Trinajstić information content (AvgIpc) is 3.41. The smallest absolute Gasteiger partial charge is 0.351 e. The summed E-state index contributed by atoms with van der Waals surface area (Å²) in [5.41, 5.74) is 0.218. The summed E-state index contributed by atoms with van der Waals surface area (Å²) in [6.45, 7) is 0. The molecule has 0 radical (unpaired) electrons. The van der Waals surface area contributed by atoms with E-state index in [4.69, 9.17) is 0 Å². The third-order valence-corrected chi connectivity index (χ3v) is 7.46.